The smallest absolute Gasteiger partial charge is 0.408 e. The number of nitrogens with one attached hydrogen (secondary N) is 5. The zero-order valence-corrected chi connectivity index (χ0v) is 50.8. The number of H-pyrrole nitrogens is 1. The van der Waals surface area contributed by atoms with Crippen LogP contribution in [0.15, 0.2) is 85.3 Å². The molecule has 5 N–H and O–H groups in total. The van der Waals surface area contributed by atoms with Crippen molar-refractivity contribution in [2.24, 2.45) is 11.8 Å². The molecule has 3 aromatic carbocycles. The molecule has 5 fully saturated rings. The van der Waals surface area contributed by atoms with Gasteiger partial charge in [-0.25, -0.2) is 23.5 Å². The van der Waals surface area contributed by atoms with Crippen molar-refractivity contribution in [2.45, 2.75) is 134 Å². The first kappa shape index (κ1) is 62.3. The number of rotatable bonds is 19. The molecule has 0 spiro atoms. The highest BCUT2D eigenvalue weighted by atomic mass is 35.5. The molecule has 3 atom stereocenters. The highest BCUT2D eigenvalue weighted by Gasteiger charge is 2.45. The number of aromatic nitrogens is 3. The molecule has 2 aromatic heterocycles. The van der Waals surface area contributed by atoms with Crippen molar-refractivity contribution in [1.29, 1.82) is 0 Å². The van der Waals surface area contributed by atoms with Gasteiger partial charge in [-0.3, -0.25) is 24.1 Å². The van der Waals surface area contributed by atoms with Crippen LogP contribution >= 0.6 is 11.6 Å². The summed E-state index contributed by atoms with van der Waals surface area (Å²) < 4.78 is 33.3. The number of alkyl carbamates (subject to hydrolysis) is 1. The number of piperidine rings is 3. The third-order valence-electron chi connectivity index (χ3n) is 18.3. The Balaban J connectivity index is 0.701. The summed E-state index contributed by atoms with van der Waals surface area (Å²) in [6.45, 7) is 13.9. The van der Waals surface area contributed by atoms with Crippen LogP contribution in [-0.2, 0) is 25.7 Å². The normalized spacial score (nSPS) is 20.1. The fraction of sp³-hybridized carbons (Fsp3) is 0.554. The number of piperazine rings is 1. The van der Waals surface area contributed by atoms with Crippen LogP contribution in [-0.4, -0.2) is 167 Å². The van der Waals surface area contributed by atoms with E-state index in [4.69, 9.17) is 16.3 Å². The molecule has 10 rings (SSSR count). The molecule has 1 saturated carbocycles. The second-order valence-electron chi connectivity index (χ2n) is 25.4. The molecule has 86 heavy (non-hydrogen) atoms. The fourth-order valence-corrected chi connectivity index (χ4v) is 13.5. The summed E-state index contributed by atoms with van der Waals surface area (Å²) in [5, 5.41) is 14.2. The van der Waals surface area contributed by atoms with Crippen LogP contribution in [0.5, 0.6) is 0 Å². The van der Waals surface area contributed by atoms with E-state index in [9.17, 15) is 32.8 Å². The second kappa shape index (κ2) is 28.4. The Morgan fingerprint density at radius 3 is 2.28 bits per heavy atom. The number of anilines is 1. The number of hydrogen-bond acceptors (Lipinski definition) is 12. The number of carbonyl (C=O) groups excluding carboxylic acids is 5. The molecule has 0 radical (unpaired) electrons. The number of benzene rings is 3. The first-order valence-corrected chi connectivity index (χ1v) is 31.5. The Kier molecular flexibility index (Phi) is 20.6. The van der Waals surface area contributed by atoms with E-state index in [1.807, 2.05) is 64.5 Å². The lowest BCUT2D eigenvalue weighted by Gasteiger charge is -2.42. The van der Waals surface area contributed by atoms with Crippen molar-refractivity contribution < 1.29 is 37.5 Å². The number of aromatic amines is 1. The van der Waals surface area contributed by atoms with Gasteiger partial charge in [0.1, 0.15) is 46.6 Å². The summed E-state index contributed by atoms with van der Waals surface area (Å²) in [5.74, 6) is -0.568. The molecule has 4 saturated heterocycles. The number of ether oxygens (including phenoxy) is 1. The fourth-order valence-electron chi connectivity index (χ4n) is 13.4. The van der Waals surface area contributed by atoms with Crippen LogP contribution < -0.4 is 26.2 Å². The van der Waals surface area contributed by atoms with Gasteiger partial charge in [-0.1, -0.05) is 61.2 Å². The van der Waals surface area contributed by atoms with Crippen molar-refractivity contribution in [1.82, 2.24) is 55.8 Å². The minimum Gasteiger partial charge on any atom is -0.444 e. The lowest BCUT2D eigenvalue weighted by molar-refractivity contribution is -0.137. The summed E-state index contributed by atoms with van der Waals surface area (Å²) in [6, 6.07) is 19.6. The van der Waals surface area contributed by atoms with Gasteiger partial charge in [-0.15, -0.1) is 0 Å². The number of fused-ring (bicyclic) bond motifs is 1. The van der Waals surface area contributed by atoms with Crippen LogP contribution in [0.2, 0.25) is 5.02 Å². The van der Waals surface area contributed by atoms with Crippen LogP contribution in [0.3, 0.4) is 0 Å². The third kappa shape index (κ3) is 16.1. The lowest BCUT2D eigenvalue weighted by atomic mass is 9.83. The predicted molar refractivity (Wildman–Crippen MR) is 327 cm³/mol. The summed E-state index contributed by atoms with van der Waals surface area (Å²) in [6.07, 6.45) is 12.7. The van der Waals surface area contributed by atoms with Crippen molar-refractivity contribution in [3.05, 3.63) is 124 Å². The SMILES string of the molecule is CC(C)(C)OC(=O)NC1(C(=O)N[C@@H](CCN2CCC(CN3CCN(C(=O)[C@H](NC(=O)c4cccc(C5CCCN(C(=O)CNCc6ccc(F)cc6F)C5)c4)C4CCCCC4)CC3)CC2)c2ccc(Cl)cc2)CCN(c2ncnc3[nH]ccc23)CC1. The molecule has 21 heteroatoms. The zero-order chi connectivity index (χ0) is 60.4. The van der Waals surface area contributed by atoms with Crippen LogP contribution in [0, 0.1) is 23.5 Å². The molecule has 5 aliphatic rings. The van der Waals surface area contributed by atoms with Gasteiger partial charge in [0.25, 0.3) is 5.91 Å². The van der Waals surface area contributed by atoms with Crippen LogP contribution in [0.1, 0.15) is 137 Å². The van der Waals surface area contributed by atoms with E-state index in [2.05, 4.69) is 50.9 Å². The number of carbonyl (C=O) groups is 5. The predicted octanol–water partition coefficient (Wildman–Crippen LogP) is 8.73. The Morgan fingerprint density at radius 2 is 1.55 bits per heavy atom. The van der Waals surface area contributed by atoms with Gasteiger partial charge in [0.15, 0.2) is 0 Å². The first-order valence-electron chi connectivity index (χ1n) is 31.1. The van der Waals surface area contributed by atoms with Crippen molar-refractivity contribution in [3.63, 3.8) is 0 Å². The average Bonchev–Trinajstić information content (AvgIpc) is 1.73. The van der Waals surface area contributed by atoms with Gasteiger partial charge in [-0.05, 0) is 151 Å². The molecular formula is C65H85ClF2N12O6. The molecule has 0 bridgehead atoms. The monoisotopic (exact) mass is 1200 g/mol. The van der Waals surface area contributed by atoms with E-state index in [-0.39, 0.29) is 60.2 Å². The van der Waals surface area contributed by atoms with E-state index in [1.165, 1.54) is 18.5 Å². The largest absolute Gasteiger partial charge is 0.444 e. The molecule has 1 aliphatic carbocycles. The van der Waals surface area contributed by atoms with Gasteiger partial charge in [-0.2, -0.15) is 0 Å². The third-order valence-corrected chi connectivity index (χ3v) is 18.6. The Morgan fingerprint density at radius 1 is 0.791 bits per heavy atom. The van der Waals surface area contributed by atoms with Gasteiger partial charge >= 0.3 is 6.09 Å². The van der Waals surface area contributed by atoms with Crippen LogP contribution in [0.25, 0.3) is 11.0 Å². The molecule has 4 aliphatic heterocycles. The maximum Gasteiger partial charge on any atom is 0.408 e. The average molecular weight is 1200 g/mol. The molecule has 462 valence electrons. The van der Waals surface area contributed by atoms with E-state index in [0.29, 0.717) is 75.0 Å². The maximum absolute atomic E-state index is 14.8. The van der Waals surface area contributed by atoms with E-state index >= 15 is 0 Å². The van der Waals surface area contributed by atoms with Gasteiger partial charge in [0.2, 0.25) is 17.7 Å². The van der Waals surface area contributed by atoms with Gasteiger partial charge in [0, 0.05) is 106 Å². The summed E-state index contributed by atoms with van der Waals surface area (Å²) in [4.78, 5) is 93.4. The molecular weight excluding hydrogens is 1120 g/mol. The van der Waals surface area contributed by atoms with Gasteiger partial charge in [0.05, 0.1) is 18.0 Å². The number of hydrogen-bond donors (Lipinski definition) is 5. The summed E-state index contributed by atoms with van der Waals surface area (Å²) >= 11 is 6.38. The molecule has 6 heterocycles. The highest BCUT2D eigenvalue weighted by molar-refractivity contribution is 6.30. The maximum atomic E-state index is 14.8. The van der Waals surface area contributed by atoms with Gasteiger partial charge < -0.3 is 50.6 Å². The van der Waals surface area contributed by atoms with Crippen molar-refractivity contribution >= 4 is 58.2 Å². The number of nitrogens with zero attached hydrogens (tertiary/aromatic N) is 7. The Labute approximate surface area is 508 Å². The Hall–Kier alpha value is -6.74. The van der Waals surface area contributed by atoms with Crippen molar-refractivity contribution in [3.8, 4) is 0 Å². The summed E-state index contributed by atoms with van der Waals surface area (Å²) in [5.41, 5.74) is 1.42. The highest BCUT2D eigenvalue weighted by Crippen LogP contribution is 2.34. The molecule has 5 aromatic rings. The van der Waals surface area contributed by atoms with Crippen LogP contribution in [0.4, 0.5) is 19.4 Å². The van der Waals surface area contributed by atoms with E-state index < -0.39 is 34.9 Å². The standard InChI is InChI=1S/C65H85ClF2N12O6/c1-64(2,3)86-63(85)75-65(24-31-78(32-25-65)59-53-20-26-70-58(53)71-43-72-59)62(84)73-55(45-14-17-51(66)18-15-45)23-30-76-28-21-44(22-29-76)41-77-33-35-79(36-34-77)61(83)57(46-9-5-4-6-10-46)74-60(82)48-12-7-11-47(37-48)50-13-8-27-80(42-50)56(81)40-69-39-49-16-19-52(67)38-54(49)68/h7,11-12,14-20,26,37-38,43-44,46,50,55,57,69H,4-6,8-10,13,21-25,27-36,39-42H2,1-3H3,(H,73,84)(H,74,82)(H,75,85)(H,70,71,72)/t50?,55-,57+/m0/s1. The topological polar surface area (TPSA) is 200 Å². The second-order valence-corrected chi connectivity index (χ2v) is 25.8. The summed E-state index contributed by atoms with van der Waals surface area (Å²) in [7, 11) is 0. The molecule has 5 amide bonds. The minimum atomic E-state index is -1.24. The van der Waals surface area contributed by atoms with Crippen molar-refractivity contribution in [2.75, 3.05) is 90.0 Å². The number of halogens is 3. The number of likely N-dealkylation sites (tertiary alicyclic amines) is 2. The molecule has 18 nitrogen and oxygen atoms in total. The van der Waals surface area contributed by atoms with E-state index in [1.54, 1.807) is 26.8 Å². The minimum absolute atomic E-state index is 0.00321. The lowest BCUT2D eigenvalue weighted by Crippen LogP contribution is -2.64. The van der Waals surface area contributed by atoms with E-state index in [0.717, 1.165) is 131 Å². The zero-order valence-electron chi connectivity index (χ0n) is 50.1. The first-order chi connectivity index (χ1) is 41.5. The Bertz CT molecular complexity index is 3130. The molecule has 1 unspecified atom stereocenters. The number of amides is 5. The quantitative estimate of drug-likeness (QED) is 0.0528.